The molecular weight excluding hydrogens is 461 g/mol. The Bertz CT molecular complexity index is 1410. The highest BCUT2D eigenvalue weighted by Gasteiger charge is 2.26. The van der Waals surface area contributed by atoms with E-state index in [4.69, 9.17) is 4.74 Å². The molecule has 0 unspecified atom stereocenters. The van der Waals surface area contributed by atoms with Crippen molar-refractivity contribution in [1.82, 2.24) is 15.0 Å². The number of nitrogens with one attached hydrogen (secondary N) is 1. The van der Waals surface area contributed by atoms with Crippen LogP contribution < -0.4 is 10.1 Å². The first-order valence-electron chi connectivity index (χ1n) is 11.7. The minimum atomic E-state index is -1.13. The molecule has 8 heteroatoms. The zero-order chi connectivity index (χ0) is 26.4. The Morgan fingerprint density at radius 3 is 2.33 bits per heavy atom. The van der Waals surface area contributed by atoms with Gasteiger partial charge in [-0.05, 0) is 100 Å². The number of aryl methyl sites for hydroxylation is 3. The molecule has 1 amide bonds. The predicted octanol–water partition coefficient (Wildman–Crippen LogP) is 5.73. The topological polar surface area (TPSA) is 96.6 Å². The van der Waals surface area contributed by atoms with Crippen molar-refractivity contribution in [3.63, 3.8) is 0 Å². The van der Waals surface area contributed by atoms with Crippen LogP contribution in [0.15, 0.2) is 42.5 Å². The number of pyridine rings is 1. The number of benzene rings is 2. The first-order chi connectivity index (χ1) is 16.9. The van der Waals surface area contributed by atoms with Crippen molar-refractivity contribution in [3.8, 4) is 34.0 Å². The lowest BCUT2D eigenvalue weighted by Crippen LogP contribution is -2.22. The Kier molecular flexibility index (Phi) is 6.49. The Balaban J connectivity index is 1.97. The molecule has 0 aromatic heterocycles. The Labute approximate surface area is 209 Å². The molecule has 0 atom stereocenters. The van der Waals surface area contributed by atoms with Crippen LogP contribution in [0.5, 0.6) is 11.5 Å². The monoisotopic (exact) mass is 491 g/mol. The molecule has 0 radical (unpaired) electrons. The number of hydrogen-bond acceptors (Lipinski definition) is 5. The summed E-state index contributed by atoms with van der Waals surface area (Å²) in [5.41, 5.74) is 3.28. The number of halogens is 1. The lowest BCUT2D eigenvalue weighted by Gasteiger charge is -2.23. The number of rotatable bonds is 6. The van der Waals surface area contributed by atoms with Crippen LogP contribution in [0.1, 0.15) is 53.6 Å². The van der Waals surface area contributed by atoms with E-state index in [-0.39, 0.29) is 23.2 Å². The second kappa shape index (κ2) is 9.28. The molecule has 0 saturated carbocycles. The summed E-state index contributed by atoms with van der Waals surface area (Å²) in [6.07, 6.45) is 0. The van der Waals surface area contributed by atoms with Gasteiger partial charge in [-0.3, -0.25) is 4.79 Å². The van der Waals surface area contributed by atoms with Crippen LogP contribution in [0.3, 0.4) is 0 Å². The van der Waals surface area contributed by atoms with Gasteiger partial charge in [0.2, 0.25) is 0 Å². The van der Waals surface area contributed by atoms with Crippen LogP contribution in [0.2, 0.25) is 0 Å². The molecule has 188 valence electrons. The van der Waals surface area contributed by atoms with Gasteiger partial charge in [0.1, 0.15) is 23.0 Å². The average molecular weight is 492 g/mol. The third-order valence-electron chi connectivity index (χ3n) is 6.11. The molecule has 2 aliphatic rings. The molecule has 2 aromatic rings. The van der Waals surface area contributed by atoms with Crippen molar-refractivity contribution in [2.45, 2.75) is 47.1 Å². The molecule has 0 aliphatic carbocycles. The summed E-state index contributed by atoms with van der Waals surface area (Å²) in [6, 6.07) is 11.6. The van der Waals surface area contributed by atoms with Gasteiger partial charge >= 0.3 is 0 Å². The normalized spacial score (nSPS) is 11.7. The lowest BCUT2D eigenvalue weighted by molar-refractivity contribution is 0.0786. The summed E-state index contributed by atoms with van der Waals surface area (Å²) in [5, 5.41) is 24.1. The van der Waals surface area contributed by atoms with Gasteiger partial charge < -0.3 is 20.4 Å². The summed E-state index contributed by atoms with van der Waals surface area (Å²) >= 11 is 0. The van der Waals surface area contributed by atoms with E-state index in [2.05, 4.69) is 10.3 Å². The number of carbonyl (C=O) groups excluding carboxylic acids is 1. The maximum Gasteiger partial charge on any atom is 0.269 e. The number of amides is 1. The van der Waals surface area contributed by atoms with Crippen molar-refractivity contribution < 1.29 is 24.2 Å². The largest absolute Gasteiger partial charge is 0.456 e. The summed E-state index contributed by atoms with van der Waals surface area (Å²) < 4.78 is 21.2. The maximum atomic E-state index is 13.9. The van der Waals surface area contributed by atoms with E-state index in [1.54, 1.807) is 58.9 Å². The summed E-state index contributed by atoms with van der Waals surface area (Å²) in [4.78, 5) is 16.9. The maximum absolute atomic E-state index is 13.9. The fourth-order valence-corrected chi connectivity index (χ4v) is 4.25. The molecule has 0 fully saturated rings. The molecule has 2 aliphatic heterocycles. The lowest BCUT2D eigenvalue weighted by atomic mass is 9.91. The van der Waals surface area contributed by atoms with Gasteiger partial charge in [0.15, 0.2) is 5.82 Å². The quantitative estimate of drug-likeness (QED) is 0.300. The Hall–Kier alpha value is -3.91. The van der Waals surface area contributed by atoms with Gasteiger partial charge in [0, 0.05) is 17.7 Å². The van der Waals surface area contributed by atoms with E-state index in [0.717, 1.165) is 4.73 Å². The van der Waals surface area contributed by atoms with Crippen molar-refractivity contribution in [1.29, 1.82) is 0 Å². The van der Waals surface area contributed by atoms with Crippen LogP contribution >= 0.6 is 0 Å². The van der Waals surface area contributed by atoms with Gasteiger partial charge in [-0.2, -0.15) is 4.73 Å². The van der Waals surface area contributed by atoms with E-state index >= 15 is 0 Å². The number of hydrogen-bond donors (Lipinski definition) is 3. The summed E-state index contributed by atoms with van der Waals surface area (Å²) in [5.74, 6) is 0.525. The number of aliphatic hydroxyl groups is 1. The van der Waals surface area contributed by atoms with Crippen LogP contribution in [0, 0.1) is 26.6 Å². The second-order valence-corrected chi connectivity index (χ2v) is 9.49. The minimum Gasteiger partial charge on any atom is -0.456 e. The van der Waals surface area contributed by atoms with Gasteiger partial charge in [-0.25, -0.2) is 9.37 Å². The van der Waals surface area contributed by atoms with E-state index < -0.39 is 5.60 Å². The van der Waals surface area contributed by atoms with E-state index in [0.29, 0.717) is 57.1 Å². The van der Waals surface area contributed by atoms with Crippen molar-refractivity contribution in [3.05, 3.63) is 76.4 Å². The smallest absolute Gasteiger partial charge is 0.269 e. The fourth-order valence-electron chi connectivity index (χ4n) is 4.25. The van der Waals surface area contributed by atoms with Gasteiger partial charge in [-0.15, -0.1) is 0 Å². The van der Waals surface area contributed by atoms with Crippen LogP contribution in [0.25, 0.3) is 22.5 Å². The van der Waals surface area contributed by atoms with E-state index in [1.165, 1.54) is 12.1 Å². The zero-order valence-corrected chi connectivity index (χ0v) is 21.2. The van der Waals surface area contributed by atoms with Gasteiger partial charge in [-0.1, -0.05) is 6.07 Å². The second-order valence-electron chi connectivity index (χ2n) is 9.49. The molecule has 36 heavy (non-hydrogen) atoms. The number of nitrogens with zero attached hydrogens (tertiary/aromatic N) is 2. The molecule has 3 N–H and O–H groups in total. The Morgan fingerprint density at radius 2 is 1.72 bits per heavy atom. The van der Waals surface area contributed by atoms with Crippen molar-refractivity contribution in [2.75, 3.05) is 6.54 Å². The predicted molar refractivity (Wildman–Crippen MR) is 135 cm³/mol. The van der Waals surface area contributed by atoms with Crippen LogP contribution in [0.4, 0.5) is 4.39 Å². The highest BCUT2D eigenvalue weighted by molar-refractivity contribution is 5.97. The summed E-state index contributed by atoms with van der Waals surface area (Å²) in [7, 11) is 0. The highest BCUT2D eigenvalue weighted by atomic mass is 19.1. The number of aromatic nitrogens is 2. The SMILES string of the molecule is CCNC(=O)c1cc2c(-c3cc(C(C)(C)O)ccc3Oc3c(C)cc(F)cc3C)cc(C)n(O)c-2n1. The molecule has 0 bridgehead atoms. The number of ether oxygens (including phenoxy) is 1. The molecule has 4 rings (SSSR count). The van der Waals surface area contributed by atoms with Gasteiger partial charge in [0.25, 0.3) is 5.91 Å². The molecule has 0 saturated heterocycles. The van der Waals surface area contributed by atoms with Crippen LogP contribution in [-0.2, 0) is 5.60 Å². The van der Waals surface area contributed by atoms with E-state index in [9.17, 15) is 19.5 Å². The third-order valence-corrected chi connectivity index (χ3v) is 6.11. The van der Waals surface area contributed by atoms with Crippen LogP contribution in [-0.4, -0.2) is 32.5 Å². The Morgan fingerprint density at radius 1 is 1.06 bits per heavy atom. The first-order valence-corrected chi connectivity index (χ1v) is 11.7. The average Bonchev–Trinajstić information content (AvgIpc) is 3.24. The number of fused-ring (bicyclic) bond motifs is 1. The first kappa shape index (κ1) is 25.2. The van der Waals surface area contributed by atoms with Crippen molar-refractivity contribution in [2.24, 2.45) is 0 Å². The summed E-state index contributed by atoms with van der Waals surface area (Å²) in [6.45, 7) is 10.9. The van der Waals surface area contributed by atoms with Gasteiger partial charge in [0.05, 0.1) is 11.3 Å². The number of carbonyl (C=O) groups is 1. The zero-order valence-electron chi connectivity index (χ0n) is 21.2. The fraction of sp³-hybridized carbons (Fsp3) is 0.286. The van der Waals surface area contributed by atoms with E-state index in [1.807, 2.05) is 13.0 Å². The molecule has 7 nitrogen and oxygen atoms in total. The standard InChI is InChI=1S/C28H30FN3O4/c1-7-30-27(33)23-14-22-20(12-17(4)32(35)26(22)31-23)21-13-18(28(5,6)34)8-9-24(21)36-25-15(2)10-19(29)11-16(25)3/h8-14,34-35H,7H2,1-6H3,(H,30,33). The molecule has 0 spiro atoms. The highest BCUT2D eigenvalue weighted by Crippen LogP contribution is 2.43. The minimum absolute atomic E-state index is 0.174. The molecule has 2 heterocycles. The molecule has 2 aromatic carbocycles. The third kappa shape index (κ3) is 4.64. The molecular formula is C28H30FN3O4. The van der Waals surface area contributed by atoms with Crippen molar-refractivity contribution >= 4 is 5.91 Å².